The Morgan fingerprint density at radius 1 is 1.30 bits per heavy atom. The smallest absolute Gasteiger partial charge is 0.226 e. The second-order valence-corrected chi connectivity index (χ2v) is 2.29. The molecule has 1 heterocycles. The lowest BCUT2D eigenvalue weighted by atomic mass is 10.4. The van der Waals surface area contributed by atoms with Crippen LogP contribution in [0.25, 0.3) is 0 Å². The fraction of sp³-hybridized carbons (Fsp3) is 0.429. The van der Waals surface area contributed by atoms with Crippen molar-refractivity contribution in [3.8, 4) is 0 Å². The van der Waals surface area contributed by atoms with Gasteiger partial charge in [0.2, 0.25) is 0 Å². The quantitative estimate of drug-likeness (QED) is 0.495. The van der Waals surface area contributed by atoms with Crippen LogP contribution in [-0.2, 0) is 9.59 Å². The van der Waals surface area contributed by atoms with Crippen LogP contribution in [0.5, 0.6) is 0 Å². The van der Waals surface area contributed by atoms with Crippen LogP contribution in [-0.4, -0.2) is 18.4 Å². The van der Waals surface area contributed by atoms with E-state index in [4.69, 9.17) is 0 Å². The van der Waals surface area contributed by atoms with Crippen molar-refractivity contribution < 1.29 is 14.5 Å². The molecule has 2 amide bonds. The molecule has 0 aromatic heterocycles. The summed E-state index contributed by atoms with van der Waals surface area (Å²) in [7, 11) is 0. The number of carbonyl (C=O) groups is 2. The summed E-state index contributed by atoms with van der Waals surface area (Å²) in [6.45, 7) is 2.57. The Bertz CT molecular complexity index is 178. The molecule has 0 spiro atoms. The van der Waals surface area contributed by atoms with E-state index in [9.17, 15) is 9.59 Å². The van der Waals surface area contributed by atoms with Crippen molar-refractivity contribution in [2.24, 2.45) is 0 Å². The standard InChI is InChI=1S/C7H9NO2/c1-2-5-8-6(9)3-4-7(8)10/h3-4H,2,5H2,1H3/p+1. The van der Waals surface area contributed by atoms with Crippen molar-refractivity contribution in [2.45, 2.75) is 13.3 Å². The van der Waals surface area contributed by atoms with Gasteiger partial charge in [-0.1, -0.05) is 6.92 Å². The highest BCUT2D eigenvalue weighted by molar-refractivity contribution is 6.01. The maximum absolute atomic E-state index is 10.8. The van der Waals surface area contributed by atoms with Crippen LogP contribution in [0.2, 0.25) is 0 Å². The minimum absolute atomic E-state index is 0.105. The van der Waals surface area contributed by atoms with Gasteiger partial charge in [-0.3, -0.25) is 0 Å². The van der Waals surface area contributed by atoms with Gasteiger partial charge < -0.3 is 0 Å². The molecule has 1 aliphatic rings. The summed E-state index contributed by atoms with van der Waals surface area (Å²) in [5, 5.41) is 0. The molecule has 1 N–H and O–H groups in total. The summed E-state index contributed by atoms with van der Waals surface area (Å²) in [6.07, 6.45) is 3.54. The van der Waals surface area contributed by atoms with Gasteiger partial charge in [0.05, 0.1) is 18.7 Å². The molecule has 0 saturated carbocycles. The van der Waals surface area contributed by atoms with E-state index in [2.05, 4.69) is 0 Å². The Kier molecular flexibility index (Phi) is 1.97. The van der Waals surface area contributed by atoms with Crippen molar-refractivity contribution >= 4 is 11.8 Å². The second-order valence-electron chi connectivity index (χ2n) is 2.29. The van der Waals surface area contributed by atoms with Gasteiger partial charge in [-0.15, -0.1) is 0 Å². The first-order valence-electron chi connectivity index (χ1n) is 3.38. The molecular formula is C7H10NO2+. The molecule has 0 unspecified atom stereocenters. The minimum atomic E-state index is -0.105. The van der Waals surface area contributed by atoms with Crippen molar-refractivity contribution in [1.29, 1.82) is 0 Å². The highest BCUT2D eigenvalue weighted by Gasteiger charge is 2.28. The fourth-order valence-corrected chi connectivity index (χ4v) is 0.970. The van der Waals surface area contributed by atoms with Crippen LogP contribution >= 0.6 is 0 Å². The van der Waals surface area contributed by atoms with E-state index in [0.717, 1.165) is 6.42 Å². The van der Waals surface area contributed by atoms with Crippen LogP contribution < -0.4 is 4.90 Å². The predicted molar refractivity (Wildman–Crippen MR) is 35.3 cm³/mol. The van der Waals surface area contributed by atoms with Gasteiger partial charge in [-0.05, 0) is 6.42 Å². The van der Waals surface area contributed by atoms with Crippen molar-refractivity contribution in [3.05, 3.63) is 12.2 Å². The molecule has 3 nitrogen and oxygen atoms in total. The maximum atomic E-state index is 10.8. The molecule has 0 atom stereocenters. The molecule has 1 aliphatic heterocycles. The van der Waals surface area contributed by atoms with Crippen molar-refractivity contribution in [1.82, 2.24) is 0 Å². The lowest BCUT2D eigenvalue weighted by molar-refractivity contribution is -0.730. The van der Waals surface area contributed by atoms with Gasteiger partial charge in [-0.2, -0.15) is 0 Å². The fourth-order valence-electron chi connectivity index (χ4n) is 0.970. The third kappa shape index (κ3) is 1.14. The van der Waals surface area contributed by atoms with E-state index in [1.165, 1.54) is 12.2 Å². The molecule has 54 valence electrons. The zero-order valence-electron chi connectivity index (χ0n) is 5.89. The maximum Gasteiger partial charge on any atom is 0.345 e. The zero-order chi connectivity index (χ0) is 7.56. The van der Waals surface area contributed by atoms with Crippen LogP contribution in [0, 0.1) is 0 Å². The number of carbonyl (C=O) groups excluding carboxylic acids is 2. The summed E-state index contributed by atoms with van der Waals surface area (Å²) in [4.78, 5) is 22.1. The summed E-state index contributed by atoms with van der Waals surface area (Å²) in [6, 6.07) is 0. The van der Waals surface area contributed by atoms with Gasteiger partial charge in [0, 0.05) is 0 Å². The van der Waals surface area contributed by atoms with E-state index < -0.39 is 0 Å². The zero-order valence-corrected chi connectivity index (χ0v) is 5.89. The lowest BCUT2D eigenvalue weighted by Crippen LogP contribution is -3.15. The summed E-state index contributed by atoms with van der Waals surface area (Å²) in [5.74, 6) is -0.210. The number of hydrogen-bond acceptors (Lipinski definition) is 2. The summed E-state index contributed by atoms with van der Waals surface area (Å²) >= 11 is 0. The molecular weight excluding hydrogens is 130 g/mol. The van der Waals surface area contributed by atoms with Crippen molar-refractivity contribution in [3.63, 3.8) is 0 Å². The Morgan fingerprint density at radius 3 is 2.20 bits per heavy atom. The third-order valence-corrected chi connectivity index (χ3v) is 1.48. The van der Waals surface area contributed by atoms with E-state index in [0.29, 0.717) is 11.4 Å². The number of quaternary nitrogens is 1. The van der Waals surface area contributed by atoms with Crippen molar-refractivity contribution in [2.75, 3.05) is 6.54 Å². The van der Waals surface area contributed by atoms with Crippen LogP contribution in [0.1, 0.15) is 13.3 Å². The lowest BCUT2D eigenvalue weighted by Gasteiger charge is -2.03. The highest BCUT2D eigenvalue weighted by Crippen LogP contribution is 1.79. The average Bonchev–Trinajstić information content (AvgIpc) is 2.20. The number of imide groups is 1. The first-order chi connectivity index (χ1) is 4.75. The Balaban J connectivity index is 2.60. The molecule has 3 heteroatoms. The van der Waals surface area contributed by atoms with Gasteiger partial charge in [0.1, 0.15) is 0 Å². The first kappa shape index (κ1) is 7.15. The molecule has 0 aliphatic carbocycles. The number of hydrogen-bond donors (Lipinski definition) is 1. The van der Waals surface area contributed by atoms with E-state index in [1.807, 2.05) is 6.92 Å². The largest absolute Gasteiger partial charge is 0.345 e. The topological polar surface area (TPSA) is 38.6 Å². The molecule has 0 saturated heterocycles. The predicted octanol–water partition coefficient (Wildman–Crippen LogP) is -1.10. The van der Waals surface area contributed by atoms with E-state index >= 15 is 0 Å². The summed E-state index contributed by atoms with van der Waals surface area (Å²) in [5.41, 5.74) is 0. The Morgan fingerprint density at radius 2 is 1.80 bits per heavy atom. The molecule has 0 aromatic rings. The second kappa shape index (κ2) is 2.75. The van der Waals surface area contributed by atoms with Gasteiger partial charge in [-0.25, -0.2) is 14.5 Å². The SMILES string of the molecule is CCC[NH+]1C(=O)C=CC1=O. The van der Waals surface area contributed by atoms with Crippen LogP contribution in [0.15, 0.2) is 12.2 Å². The average molecular weight is 140 g/mol. The van der Waals surface area contributed by atoms with E-state index in [1.54, 1.807) is 0 Å². The number of rotatable bonds is 2. The minimum Gasteiger partial charge on any atom is -0.226 e. The molecule has 10 heavy (non-hydrogen) atoms. The van der Waals surface area contributed by atoms with Crippen LogP contribution in [0.3, 0.4) is 0 Å². The number of nitrogens with one attached hydrogen (secondary N) is 1. The normalized spacial score (nSPS) is 18.9. The Labute approximate surface area is 59.3 Å². The van der Waals surface area contributed by atoms with Gasteiger partial charge in [0.25, 0.3) is 0 Å². The molecule has 0 bridgehead atoms. The first-order valence-corrected chi connectivity index (χ1v) is 3.38. The van der Waals surface area contributed by atoms with Gasteiger partial charge in [0.15, 0.2) is 0 Å². The molecule has 0 aromatic carbocycles. The Hall–Kier alpha value is -0.960. The number of amides is 2. The molecule has 0 radical (unpaired) electrons. The highest BCUT2D eigenvalue weighted by atomic mass is 16.2. The molecule has 1 rings (SSSR count). The van der Waals surface area contributed by atoms with Crippen LogP contribution in [0.4, 0.5) is 0 Å². The third-order valence-electron chi connectivity index (χ3n) is 1.48. The van der Waals surface area contributed by atoms with E-state index in [-0.39, 0.29) is 11.8 Å². The molecule has 0 fully saturated rings. The summed E-state index contributed by atoms with van der Waals surface area (Å²) < 4.78 is 0. The monoisotopic (exact) mass is 140 g/mol. The van der Waals surface area contributed by atoms with Gasteiger partial charge >= 0.3 is 11.8 Å².